The van der Waals surface area contributed by atoms with Crippen LogP contribution in [-0.2, 0) is 21.4 Å². The Morgan fingerprint density at radius 2 is 1.54 bits per heavy atom. The lowest BCUT2D eigenvalue weighted by atomic mass is 10.0. The zero-order valence-electron chi connectivity index (χ0n) is 21.3. The highest BCUT2D eigenvalue weighted by Gasteiger charge is 2.27. The Hall–Kier alpha value is -4.05. The van der Waals surface area contributed by atoms with Crippen molar-refractivity contribution >= 4 is 33.5 Å². The standard InChI is InChI=1S/C27H32N4O5S/c1-19(2)21-10-12-22(13-11-21)29-37(34,35)30-27(33)28-25(18-20-8-6-5-7-9-20)26(32)31(3)23-14-16-24(36-4)17-15-23/h5-17,19,25,29H,18H2,1-4H3,(H2,28,30,33). The van der Waals surface area contributed by atoms with Crippen LogP contribution in [0.2, 0.25) is 0 Å². The molecule has 3 N–H and O–H groups in total. The van der Waals surface area contributed by atoms with E-state index in [1.54, 1.807) is 50.6 Å². The van der Waals surface area contributed by atoms with Crippen LogP contribution in [-0.4, -0.2) is 40.6 Å². The van der Waals surface area contributed by atoms with Crippen LogP contribution < -0.4 is 24.4 Å². The molecule has 1 unspecified atom stereocenters. The van der Waals surface area contributed by atoms with E-state index in [1.165, 1.54) is 4.90 Å². The van der Waals surface area contributed by atoms with Crippen molar-refractivity contribution in [3.63, 3.8) is 0 Å². The van der Waals surface area contributed by atoms with E-state index in [-0.39, 0.29) is 6.42 Å². The molecule has 0 saturated carbocycles. The summed E-state index contributed by atoms with van der Waals surface area (Å²) in [6.45, 7) is 4.06. The number of rotatable bonds is 10. The molecule has 0 bridgehead atoms. The molecule has 3 amide bonds. The average molecular weight is 525 g/mol. The van der Waals surface area contributed by atoms with Crippen molar-refractivity contribution in [2.45, 2.75) is 32.2 Å². The first-order valence-corrected chi connectivity index (χ1v) is 13.2. The predicted octanol–water partition coefficient (Wildman–Crippen LogP) is 4.05. The molecule has 0 aromatic heterocycles. The number of anilines is 2. The largest absolute Gasteiger partial charge is 0.497 e. The third kappa shape index (κ3) is 7.97. The van der Waals surface area contributed by atoms with Crippen LogP contribution in [0.5, 0.6) is 5.75 Å². The van der Waals surface area contributed by atoms with E-state index in [2.05, 4.69) is 10.0 Å². The molecular weight excluding hydrogens is 492 g/mol. The highest BCUT2D eigenvalue weighted by molar-refractivity contribution is 7.91. The molecule has 0 fully saturated rings. The van der Waals surface area contributed by atoms with E-state index in [4.69, 9.17) is 4.74 Å². The van der Waals surface area contributed by atoms with Crippen molar-refractivity contribution < 1.29 is 22.7 Å². The maximum Gasteiger partial charge on any atom is 0.330 e. The molecule has 3 aromatic carbocycles. The Morgan fingerprint density at radius 3 is 2.11 bits per heavy atom. The predicted molar refractivity (Wildman–Crippen MR) is 145 cm³/mol. The molecule has 3 aromatic rings. The molecule has 0 saturated heterocycles. The number of hydrogen-bond donors (Lipinski definition) is 3. The smallest absolute Gasteiger partial charge is 0.330 e. The number of hydrogen-bond acceptors (Lipinski definition) is 5. The summed E-state index contributed by atoms with van der Waals surface area (Å²) in [5, 5.41) is 2.52. The molecule has 0 heterocycles. The number of amides is 3. The minimum Gasteiger partial charge on any atom is -0.497 e. The Labute approximate surface area is 218 Å². The Morgan fingerprint density at radius 1 is 0.919 bits per heavy atom. The van der Waals surface area contributed by atoms with Crippen LogP contribution >= 0.6 is 0 Å². The molecule has 9 nitrogen and oxygen atoms in total. The van der Waals surface area contributed by atoms with Gasteiger partial charge < -0.3 is 15.0 Å². The molecule has 37 heavy (non-hydrogen) atoms. The van der Waals surface area contributed by atoms with Crippen LogP contribution in [0, 0.1) is 0 Å². The summed E-state index contributed by atoms with van der Waals surface area (Å²) < 4.78 is 34.5. The van der Waals surface area contributed by atoms with Crippen molar-refractivity contribution in [1.82, 2.24) is 10.0 Å². The van der Waals surface area contributed by atoms with Gasteiger partial charge in [0.15, 0.2) is 0 Å². The van der Waals surface area contributed by atoms with Gasteiger partial charge in [-0.2, -0.15) is 8.42 Å². The number of likely N-dealkylation sites (N-methyl/N-ethyl adjacent to an activating group) is 1. The molecule has 3 rings (SSSR count). The quantitative estimate of drug-likeness (QED) is 0.370. The first-order chi connectivity index (χ1) is 17.6. The molecule has 0 aliphatic carbocycles. The Bertz CT molecular complexity index is 1290. The number of urea groups is 1. The molecule has 0 aliphatic rings. The monoisotopic (exact) mass is 524 g/mol. The topological polar surface area (TPSA) is 117 Å². The van der Waals surface area contributed by atoms with Gasteiger partial charge >= 0.3 is 16.2 Å². The van der Waals surface area contributed by atoms with Crippen molar-refractivity contribution in [1.29, 1.82) is 0 Å². The van der Waals surface area contributed by atoms with E-state index in [9.17, 15) is 18.0 Å². The molecule has 196 valence electrons. The minimum atomic E-state index is -4.24. The van der Waals surface area contributed by atoms with E-state index in [1.807, 2.05) is 61.0 Å². The Balaban J connectivity index is 1.73. The fourth-order valence-electron chi connectivity index (χ4n) is 3.64. The fourth-order valence-corrected chi connectivity index (χ4v) is 4.44. The average Bonchev–Trinajstić information content (AvgIpc) is 2.87. The van der Waals surface area contributed by atoms with Crippen molar-refractivity contribution in [2.75, 3.05) is 23.8 Å². The van der Waals surface area contributed by atoms with E-state index < -0.39 is 28.2 Å². The molecule has 0 radical (unpaired) electrons. The number of nitrogens with one attached hydrogen (secondary N) is 3. The van der Waals surface area contributed by atoms with Crippen molar-refractivity contribution in [2.24, 2.45) is 0 Å². The SMILES string of the molecule is COc1ccc(N(C)C(=O)C(Cc2ccccc2)NC(=O)NS(=O)(=O)Nc2ccc(C(C)C)cc2)cc1. The van der Waals surface area contributed by atoms with E-state index in [0.29, 0.717) is 23.0 Å². The highest BCUT2D eigenvalue weighted by Crippen LogP contribution is 2.20. The maximum absolute atomic E-state index is 13.4. The first-order valence-electron chi connectivity index (χ1n) is 11.7. The van der Waals surface area contributed by atoms with Crippen molar-refractivity contribution in [3.8, 4) is 5.75 Å². The van der Waals surface area contributed by atoms with E-state index >= 15 is 0 Å². The number of benzene rings is 3. The van der Waals surface area contributed by atoms with E-state index in [0.717, 1.165) is 11.1 Å². The van der Waals surface area contributed by atoms with Gasteiger partial charge in [-0.05, 0) is 53.4 Å². The summed E-state index contributed by atoms with van der Waals surface area (Å²) in [6, 6.07) is 20.8. The molecule has 0 spiro atoms. The first kappa shape index (κ1) is 27.5. The number of ether oxygens (including phenoxy) is 1. The molecular formula is C27H32N4O5S. The van der Waals surface area contributed by atoms with Crippen LogP contribution in [0.3, 0.4) is 0 Å². The lowest BCUT2D eigenvalue weighted by Crippen LogP contribution is -2.53. The van der Waals surface area contributed by atoms with Crippen LogP contribution in [0.1, 0.15) is 30.9 Å². The Kier molecular flexibility index (Phi) is 9.13. The number of nitrogens with zero attached hydrogens (tertiary/aromatic N) is 1. The zero-order chi connectivity index (χ0) is 27.0. The van der Waals surface area contributed by atoms with Gasteiger partial charge in [-0.1, -0.05) is 56.3 Å². The van der Waals surface area contributed by atoms with Crippen LogP contribution in [0.4, 0.5) is 16.2 Å². The molecule has 10 heteroatoms. The summed E-state index contributed by atoms with van der Waals surface area (Å²) in [4.78, 5) is 27.5. The molecule has 0 aliphatic heterocycles. The van der Waals surface area contributed by atoms with Crippen LogP contribution in [0.15, 0.2) is 78.9 Å². The second kappa shape index (κ2) is 12.3. The van der Waals surface area contributed by atoms with Crippen LogP contribution in [0.25, 0.3) is 0 Å². The van der Waals surface area contributed by atoms with Gasteiger partial charge in [-0.15, -0.1) is 0 Å². The fraction of sp³-hybridized carbons (Fsp3) is 0.259. The second-order valence-electron chi connectivity index (χ2n) is 8.80. The third-order valence-electron chi connectivity index (χ3n) is 5.73. The van der Waals surface area contributed by atoms with Crippen molar-refractivity contribution in [3.05, 3.63) is 90.0 Å². The lowest BCUT2D eigenvalue weighted by Gasteiger charge is -2.25. The van der Waals surface area contributed by atoms with Gasteiger partial charge in [0.05, 0.1) is 12.8 Å². The molecule has 1 atom stereocenters. The number of carbonyl (C=O) groups excluding carboxylic acids is 2. The summed E-state index contributed by atoms with van der Waals surface area (Å²) >= 11 is 0. The lowest BCUT2D eigenvalue weighted by molar-refractivity contribution is -0.120. The number of carbonyl (C=O) groups is 2. The number of methoxy groups -OCH3 is 1. The van der Waals surface area contributed by atoms with Gasteiger partial charge in [-0.25, -0.2) is 9.52 Å². The zero-order valence-corrected chi connectivity index (χ0v) is 22.1. The maximum atomic E-state index is 13.4. The van der Waals surface area contributed by atoms with Gasteiger partial charge in [0.1, 0.15) is 11.8 Å². The minimum absolute atomic E-state index is 0.164. The van der Waals surface area contributed by atoms with Gasteiger partial charge in [0.2, 0.25) is 5.91 Å². The van der Waals surface area contributed by atoms with Gasteiger partial charge in [-0.3, -0.25) is 9.52 Å². The third-order valence-corrected chi connectivity index (χ3v) is 6.69. The summed E-state index contributed by atoms with van der Waals surface area (Å²) in [5.74, 6) is 0.517. The summed E-state index contributed by atoms with van der Waals surface area (Å²) in [5.41, 5.74) is 2.75. The van der Waals surface area contributed by atoms with Gasteiger partial charge in [0.25, 0.3) is 0 Å². The normalized spacial score (nSPS) is 11.9. The summed E-state index contributed by atoms with van der Waals surface area (Å²) in [7, 11) is -1.11. The highest BCUT2D eigenvalue weighted by atomic mass is 32.2. The second-order valence-corrected chi connectivity index (χ2v) is 10.2. The van der Waals surface area contributed by atoms with Gasteiger partial charge in [0, 0.05) is 19.2 Å². The summed E-state index contributed by atoms with van der Waals surface area (Å²) in [6.07, 6.45) is 0.164.